The molecule has 27 heavy (non-hydrogen) atoms. The lowest BCUT2D eigenvalue weighted by Crippen LogP contribution is -2.46. The maximum absolute atomic E-state index is 5.78. The van der Waals surface area contributed by atoms with E-state index in [-0.39, 0.29) is 0 Å². The highest BCUT2D eigenvalue weighted by molar-refractivity contribution is 5.79. The van der Waals surface area contributed by atoms with Crippen molar-refractivity contribution in [3.05, 3.63) is 29.3 Å². The lowest BCUT2D eigenvalue weighted by molar-refractivity contribution is 0.141. The van der Waals surface area contributed by atoms with Crippen LogP contribution in [0.3, 0.4) is 0 Å². The maximum Gasteiger partial charge on any atom is 0.191 e. The molecule has 0 aliphatic carbocycles. The third-order valence-electron chi connectivity index (χ3n) is 5.11. The van der Waals surface area contributed by atoms with E-state index in [1.165, 1.54) is 31.5 Å². The van der Waals surface area contributed by atoms with Gasteiger partial charge in [-0.15, -0.1) is 0 Å². The summed E-state index contributed by atoms with van der Waals surface area (Å²) in [6.45, 7) is 16.3. The van der Waals surface area contributed by atoms with Crippen LogP contribution in [0.1, 0.15) is 51.7 Å². The molecule has 152 valence electrons. The van der Waals surface area contributed by atoms with Crippen LogP contribution in [0.15, 0.2) is 23.2 Å². The Kier molecular flexibility index (Phi) is 8.92. The van der Waals surface area contributed by atoms with Gasteiger partial charge >= 0.3 is 0 Å². The number of guanidine groups is 1. The molecule has 1 fully saturated rings. The highest BCUT2D eigenvalue weighted by atomic mass is 16.5. The van der Waals surface area contributed by atoms with Crippen LogP contribution in [-0.4, -0.2) is 49.7 Å². The molecule has 1 unspecified atom stereocenters. The van der Waals surface area contributed by atoms with Gasteiger partial charge in [-0.25, -0.2) is 4.99 Å². The molecule has 1 atom stereocenters. The Morgan fingerprint density at radius 2 is 2.11 bits per heavy atom. The second kappa shape index (κ2) is 11.2. The van der Waals surface area contributed by atoms with Gasteiger partial charge in [0.05, 0.1) is 13.2 Å². The van der Waals surface area contributed by atoms with E-state index in [1.54, 1.807) is 0 Å². The molecule has 0 spiro atoms. The Bertz CT molecular complexity index is 600. The Hall–Kier alpha value is -1.75. The molecular formula is C22H38N4O. The van der Waals surface area contributed by atoms with Crippen molar-refractivity contribution in [2.45, 2.75) is 60.0 Å². The van der Waals surface area contributed by atoms with Gasteiger partial charge < -0.3 is 20.3 Å². The molecule has 2 rings (SSSR count). The van der Waals surface area contributed by atoms with Crippen LogP contribution in [-0.2, 0) is 6.54 Å². The summed E-state index contributed by atoms with van der Waals surface area (Å²) in [6, 6.07) is 6.97. The summed E-state index contributed by atoms with van der Waals surface area (Å²) in [6.07, 6.45) is 2.58. The number of aliphatic imine (C=N–C) groups is 1. The van der Waals surface area contributed by atoms with Crippen molar-refractivity contribution in [2.75, 3.05) is 32.8 Å². The minimum Gasteiger partial charge on any atom is -0.494 e. The first-order valence-electron chi connectivity index (χ1n) is 10.5. The number of nitrogens with one attached hydrogen (secondary N) is 2. The van der Waals surface area contributed by atoms with Crippen molar-refractivity contribution < 1.29 is 4.74 Å². The van der Waals surface area contributed by atoms with Crippen molar-refractivity contribution in [2.24, 2.45) is 10.9 Å². The van der Waals surface area contributed by atoms with Crippen LogP contribution < -0.4 is 15.4 Å². The zero-order chi connectivity index (χ0) is 19.6. The molecule has 0 radical (unpaired) electrons. The van der Waals surface area contributed by atoms with E-state index >= 15 is 0 Å². The van der Waals surface area contributed by atoms with Crippen molar-refractivity contribution in [1.82, 2.24) is 15.5 Å². The molecule has 1 saturated heterocycles. The highest BCUT2D eigenvalue weighted by Gasteiger charge is 2.21. The van der Waals surface area contributed by atoms with Gasteiger partial charge in [0.2, 0.25) is 0 Å². The van der Waals surface area contributed by atoms with Gasteiger partial charge in [0, 0.05) is 31.2 Å². The average molecular weight is 375 g/mol. The number of hydrogen-bond acceptors (Lipinski definition) is 3. The molecule has 2 N–H and O–H groups in total. The standard InChI is InChI=1S/C22H38N4O/c1-6-23-22(24-14-19-9-8-12-26(16-19)17(3)4)25-15-20-11-10-18(5)13-21(20)27-7-2/h10-11,13,17,19H,6-9,12,14-16H2,1-5H3,(H2,23,24,25). The topological polar surface area (TPSA) is 48.9 Å². The Morgan fingerprint density at radius 3 is 2.81 bits per heavy atom. The quantitative estimate of drug-likeness (QED) is 0.539. The van der Waals surface area contributed by atoms with E-state index in [0.717, 1.165) is 30.4 Å². The van der Waals surface area contributed by atoms with Crippen molar-refractivity contribution >= 4 is 5.96 Å². The molecule has 5 nitrogen and oxygen atoms in total. The first-order valence-corrected chi connectivity index (χ1v) is 10.5. The van der Waals surface area contributed by atoms with Crippen molar-refractivity contribution in [3.63, 3.8) is 0 Å². The van der Waals surface area contributed by atoms with Crippen LogP contribution in [0, 0.1) is 12.8 Å². The lowest BCUT2D eigenvalue weighted by Gasteiger charge is -2.35. The first-order chi connectivity index (χ1) is 13.0. The van der Waals surface area contributed by atoms with E-state index < -0.39 is 0 Å². The van der Waals surface area contributed by atoms with Gasteiger partial charge in [0.25, 0.3) is 0 Å². The zero-order valence-corrected chi connectivity index (χ0v) is 17.8. The lowest BCUT2D eigenvalue weighted by atomic mass is 9.97. The van der Waals surface area contributed by atoms with Gasteiger partial charge in [-0.05, 0) is 71.6 Å². The number of piperidine rings is 1. The second-order valence-electron chi connectivity index (χ2n) is 7.72. The molecule has 1 aliphatic heterocycles. The van der Waals surface area contributed by atoms with Crippen LogP contribution in [0.25, 0.3) is 0 Å². The van der Waals surface area contributed by atoms with Crippen LogP contribution in [0.4, 0.5) is 0 Å². The molecule has 0 saturated carbocycles. The largest absolute Gasteiger partial charge is 0.494 e. The Morgan fingerprint density at radius 1 is 1.30 bits per heavy atom. The molecule has 0 bridgehead atoms. The van der Waals surface area contributed by atoms with E-state index in [2.05, 4.69) is 61.4 Å². The minimum absolute atomic E-state index is 0.619. The van der Waals surface area contributed by atoms with E-state index in [4.69, 9.17) is 9.73 Å². The normalized spacial score (nSPS) is 18.6. The monoisotopic (exact) mass is 374 g/mol. The fourth-order valence-corrected chi connectivity index (χ4v) is 3.56. The summed E-state index contributed by atoms with van der Waals surface area (Å²) in [5.74, 6) is 2.52. The molecule has 1 heterocycles. The molecule has 1 aliphatic rings. The highest BCUT2D eigenvalue weighted by Crippen LogP contribution is 2.21. The number of benzene rings is 1. The predicted molar refractivity (Wildman–Crippen MR) is 115 cm³/mol. The fourth-order valence-electron chi connectivity index (χ4n) is 3.56. The number of hydrogen-bond donors (Lipinski definition) is 2. The SMILES string of the molecule is CCNC(=NCc1ccc(C)cc1OCC)NCC1CCCN(C(C)C)C1. The molecule has 1 aromatic rings. The van der Waals surface area contributed by atoms with Crippen molar-refractivity contribution in [3.8, 4) is 5.75 Å². The number of nitrogens with zero attached hydrogens (tertiary/aromatic N) is 2. The van der Waals surface area contributed by atoms with Crippen molar-refractivity contribution in [1.29, 1.82) is 0 Å². The van der Waals surface area contributed by atoms with E-state index in [1.807, 2.05) is 6.92 Å². The van der Waals surface area contributed by atoms with Crippen LogP contribution in [0.2, 0.25) is 0 Å². The van der Waals surface area contributed by atoms with Gasteiger partial charge in [-0.3, -0.25) is 0 Å². The smallest absolute Gasteiger partial charge is 0.191 e. The Balaban J connectivity index is 1.96. The fraction of sp³-hybridized carbons (Fsp3) is 0.682. The molecule has 1 aromatic carbocycles. The summed E-state index contributed by atoms with van der Waals surface area (Å²) in [4.78, 5) is 7.38. The molecule has 0 aromatic heterocycles. The third kappa shape index (κ3) is 7.06. The summed E-state index contributed by atoms with van der Waals surface area (Å²) < 4.78 is 5.78. The number of rotatable bonds is 8. The molecule has 0 amide bonds. The first kappa shape index (κ1) is 21.5. The summed E-state index contributed by atoms with van der Waals surface area (Å²) in [7, 11) is 0. The van der Waals surface area contributed by atoms with Crippen LogP contribution in [0.5, 0.6) is 5.75 Å². The van der Waals surface area contributed by atoms with Gasteiger partial charge in [-0.2, -0.15) is 0 Å². The van der Waals surface area contributed by atoms with Gasteiger partial charge in [-0.1, -0.05) is 12.1 Å². The number of ether oxygens (including phenoxy) is 1. The maximum atomic E-state index is 5.78. The number of aryl methyl sites for hydroxylation is 1. The Labute approximate surface area is 165 Å². The van der Waals surface area contributed by atoms with Gasteiger partial charge in [0.1, 0.15) is 5.75 Å². The van der Waals surface area contributed by atoms with Crippen LogP contribution >= 0.6 is 0 Å². The predicted octanol–water partition coefficient (Wildman–Crippen LogP) is 3.57. The summed E-state index contributed by atoms with van der Waals surface area (Å²) >= 11 is 0. The molecular weight excluding hydrogens is 336 g/mol. The third-order valence-corrected chi connectivity index (χ3v) is 5.11. The van der Waals surface area contributed by atoms with E-state index in [0.29, 0.717) is 25.1 Å². The minimum atomic E-state index is 0.619. The number of likely N-dealkylation sites (tertiary alicyclic amines) is 1. The second-order valence-corrected chi connectivity index (χ2v) is 7.72. The average Bonchev–Trinajstić information content (AvgIpc) is 2.65. The summed E-state index contributed by atoms with van der Waals surface area (Å²) in [5.41, 5.74) is 2.34. The van der Waals surface area contributed by atoms with E-state index in [9.17, 15) is 0 Å². The molecule has 5 heteroatoms. The zero-order valence-electron chi connectivity index (χ0n) is 17.8. The van der Waals surface area contributed by atoms with Gasteiger partial charge in [0.15, 0.2) is 5.96 Å². The summed E-state index contributed by atoms with van der Waals surface area (Å²) in [5, 5.41) is 6.93.